The van der Waals surface area contributed by atoms with Gasteiger partial charge in [0.1, 0.15) is 11.6 Å². The number of aromatic amines is 1. The number of aryl methyl sites for hydroxylation is 1. The number of imidazole rings is 1. The minimum absolute atomic E-state index is 0.0133. The number of benzene rings is 1. The van der Waals surface area contributed by atoms with E-state index in [2.05, 4.69) is 16.9 Å². The first-order valence-electron chi connectivity index (χ1n) is 7.12. The van der Waals surface area contributed by atoms with Crippen molar-refractivity contribution in [1.29, 1.82) is 0 Å². The molecule has 0 aliphatic rings. The van der Waals surface area contributed by atoms with Crippen molar-refractivity contribution in [3.05, 3.63) is 35.8 Å². The first kappa shape index (κ1) is 14.6. The molecule has 0 fully saturated rings. The van der Waals surface area contributed by atoms with Crippen LogP contribution in [-0.2, 0) is 0 Å². The van der Waals surface area contributed by atoms with Crippen molar-refractivity contribution in [1.82, 2.24) is 9.97 Å². The van der Waals surface area contributed by atoms with E-state index in [-0.39, 0.29) is 6.04 Å². The summed E-state index contributed by atoms with van der Waals surface area (Å²) in [6.45, 7) is 4.20. The highest BCUT2D eigenvalue weighted by molar-refractivity contribution is 5.62. The Kier molecular flexibility index (Phi) is 4.79. The largest absolute Gasteiger partial charge is 0.497 e. The third-order valence-electron chi connectivity index (χ3n) is 3.49. The first-order chi connectivity index (χ1) is 9.65. The Balaban J connectivity index is 2.21. The molecule has 0 aliphatic carbocycles. The van der Waals surface area contributed by atoms with Crippen LogP contribution in [0.3, 0.4) is 0 Å². The molecule has 0 aliphatic heterocycles. The van der Waals surface area contributed by atoms with E-state index < -0.39 is 0 Å². The lowest BCUT2D eigenvalue weighted by molar-refractivity contribution is 0.415. The lowest BCUT2D eigenvalue weighted by Gasteiger charge is -2.06. The molecule has 4 heteroatoms. The van der Waals surface area contributed by atoms with Gasteiger partial charge in [-0.25, -0.2) is 4.98 Å². The molecule has 0 saturated carbocycles. The fourth-order valence-corrected chi connectivity index (χ4v) is 2.25. The average molecular weight is 273 g/mol. The molecule has 20 heavy (non-hydrogen) atoms. The van der Waals surface area contributed by atoms with Crippen molar-refractivity contribution in [3.8, 4) is 17.0 Å². The second-order valence-corrected chi connectivity index (χ2v) is 5.07. The van der Waals surface area contributed by atoms with Crippen LogP contribution in [0.15, 0.2) is 24.3 Å². The number of rotatable bonds is 6. The Bertz CT molecular complexity index is 545. The van der Waals surface area contributed by atoms with E-state index in [1.165, 1.54) is 0 Å². The summed E-state index contributed by atoms with van der Waals surface area (Å²) >= 11 is 0. The molecule has 0 bridgehead atoms. The van der Waals surface area contributed by atoms with Crippen molar-refractivity contribution in [2.75, 3.05) is 7.11 Å². The van der Waals surface area contributed by atoms with Crippen LogP contribution in [0, 0.1) is 6.92 Å². The molecule has 0 spiro atoms. The highest BCUT2D eigenvalue weighted by Crippen LogP contribution is 2.25. The molecular formula is C16H23N3O. The maximum absolute atomic E-state index is 6.17. The Labute approximate surface area is 120 Å². The summed E-state index contributed by atoms with van der Waals surface area (Å²) in [5.74, 6) is 1.73. The quantitative estimate of drug-likeness (QED) is 0.845. The number of nitrogens with two attached hydrogens (primary N) is 1. The summed E-state index contributed by atoms with van der Waals surface area (Å²) < 4.78 is 5.17. The van der Waals surface area contributed by atoms with Crippen LogP contribution in [0.4, 0.5) is 0 Å². The van der Waals surface area contributed by atoms with Crippen molar-refractivity contribution >= 4 is 0 Å². The monoisotopic (exact) mass is 273 g/mol. The van der Waals surface area contributed by atoms with Crippen LogP contribution in [-0.4, -0.2) is 17.1 Å². The second kappa shape index (κ2) is 6.57. The topological polar surface area (TPSA) is 63.9 Å². The number of H-pyrrole nitrogens is 1. The van der Waals surface area contributed by atoms with Crippen LogP contribution >= 0.6 is 0 Å². The minimum Gasteiger partial charge on any atom is -0.497 e. The molecule has 2 rings (SSSR count). The van der Waals surface area contributed by atoms with Gasteiger partial charge in [-0.1, -0.05) is 19.8 Å². The summed E-state index contributed by atoms with van der Waals surface area (Å²) in [5.41, 5.74) is 9.27. The number of nitrogens with one attached hydrogen (secondary N) is 1. The van der Waals surface area contributed by atoms with Crippen LogP contribution in [0.2, 0.25) is 0 Å². The molecular weight excluding hydrogens is 250 g/mol. The van der Waals surface area contributed by atoms with Crippen molar-refractivity contribution < 1.29 is 4.74 Å². The molecule has 0 radical (unpaired) electrons. The van der Waals surface area contributed by atoms with Crippen LogP contribution < -0.4 is 10.5 Å². The Morgan fingerprint density at radius 1 is 1.30 bits per heavy atom. The van der Waals surface area contributed by atoms with Crippen LogP contribution in [0.5, 0.6) is 5.75 Å². The first-order valence-corrected chi connectivity index (χ1v) is 7.12. The number of nitrogens with zero attached hydrogens (tertiary/aromatic N) is 1. The number of unbranched alkanes of at least 4 members (excludes halogenated alkanes) is 1. The minimum atomic E-state index is -0.0133. The molecule has 4 nitrogen and oxygen atoms in total. The van der Waals surface area contributed by atoms with Gasteiger partial charge in [-0.3, -0.25) is 0 Å². The van der Waals surface area contributed by atoms with Crippen LogP contribution in [0.25, 0.3) is 11.3 Å². The van der Waals surface area contributed by atoms with Crippen molar-refractivity contribution in [2.24, 2.45) is 5.73 Å². The number of ether oxygens (including phenoxy) is 1. The fourth-order valence-electron chi connectivity index (χ4n) is 2.25. The zero-order valence-corrected chi connectivity index (χ0v) is 12.4. The van der Waals surface area contributed by atoms with E-state index in [4.69, 9.17) is 10.5 Å². The van der Waals surface area contributed by atoms with Gasteiger partial charge in [-0.2, -0.15) is 0 Å². The molecule has 0 saturated heterocycles. The van der Waals surface area contributed by atoms with Gasteiger partial charge in [0, 0.05) is 11.3 Å². The number of hydrogen-bond donors (Lipinski definition) is 2. The Morgan fingerprint density at radius 2 is 2.00 bits per heavy atom. The van der Waals surface area contributed by atoms with E-state index in [9.17, 15) is 0 Å². The van der Waals surface area contributed by atoms with E-state index in [1.807, 2.05) is 31.2 Å². The summed E-state index contributed by atoms with van der Waals surface area (Å²) in [5, 5.41) is 0. The van der Waals surface area contributed by atoms with Crippen molar-refractivity contribution in [2.45, 2.75) is 39.2 Å². The van der Waals surface area contributed by atoms with Gasteiger partial charge in [0.2, 0.25) is 0 Å². The predicted molar refractivity (Wildman–Crippen MR) is 81.8 cm³/mol. The highest BCUT2D eigenvalue weighted by atomic mass is 16.5. The third-order valence-corrected chi connectivity index (χ3v) is 3.49. The number of hydrogen-bond acceptors (Lipinski definition) is 3. The Morgan fingerprint density at radius 3 is 2.60 bits per heavy atom. The molecule has 108 valence electrons. The van der Waals surface area contributed by atoms with Gasteiger partial charge in [-0.05, 0) is 37.6 Å². The average Bonchev–Trinajstić information content (AvgIpc) is 2.87. The van der Waals surface area contributed by atoms with Gasteiger partial charge in [0.25, 0.3) is 0 Å². The predicted octanol–water partition coefficient (Wildman–Crippen LogP) is 3.58. The number of aromatic nitrogens is 2. The SMILES string of the molecule is CCCCC(N)c1nc(-c2ccc(OC)cc2)c(C)[nH]1. The second-order valence-electron chi connectivity index (χ2n) is 5.07. The summed E-state index contributed by atoms with van der Waals surface area (Å²) in [6.07, 6.45) is 3.24. The van der Waals surface area contributed by atoms with Gasteiger partial charge in [-0.15, -0.1) is 0 Å². The van der Waals surface area contributed by atoms with E-state index >= 15 is 0 Å². The zero-order valence-electron chi connectivity index (χ0n) is 12.4. The van der Waals surface area contributed by atoms with Crippen LogP contribution in [0.1, 0.15) is 43.7 Å². The van der Waals surface area contributed by atoms with Crippen molar-refractivity contribution in [3.63, 3.8) is 0 Å². The molecule has 0 amide bonds. The number of methoxy groups -OCH3 is 1. The lowest BCUT2D eigenvalue weighted by atomic mass is 10.1. The van der Waals surface area contributed by atoms with Gasteiger partial charge < -0.3 is 15.5 Å². The molecule has 1 heterocycles. The summed E-state index contributed by atoms with van der Waals surface area (Å²) in [7, 11) is 1.67. The maximum atomic E-state index is 6.17. The molecule has 2 aromatic rings. The summed E-state index contributed by atoms with van der Waals surface area (Å²) in [6, 6.07) is 7.91. The molecule has 3 N–H and O–H groups in total. The smallest absolute Gasteiger partial charge is 0.123 e. The third kappa shape index (κ3) is 3.20. The van der Waals surface area contributed by atoms with Gasteiger partial charge in [0.05, 0.1) is 18.8 Å². The summed E-state index contributed by atoms with van der Waals surface area (Å²) in [4.78, 5) is 7.98. The van der Waals surface area contributed by atoms with E-state index in [1.54, 1.807) is 7.11 Å². The van der Waals surface area contributed by atoms with Gasteiger partial charge >= 0.3 is 0 Å². The van der Waals surface area contributed by atoms with E-state index in [0.29, 0.717) is 0 Å². The standard InChI is InChI=1S/C16H23N3O/c1-4-5-6-14(17)16-18-11(2)15(19-16)12-7-9-13(20-3)10-8-12/h7-10,14H,4-6,17H2,1-3H3,(H,18,19). The highest BCUT2D eigenvalue weighted by Gasteiger charge is 2.14. The Hall–Kier alpha value is -1.81. The van der Waals surface area contributed by atoms with Gasteiger partial charge in [0.15, 0.2) is 0 Å². The maximum Gasteiger partial charge on any atom is 0.123 e. The molecule has 1 aromatic carbocycles. The normalized spacial score (nSPS) is 12.4. The zero-order chi connectivity index (χ0) is 14.5. The lowest BCUT2D eigenvalue weighted by Crippen LogP contribution is -2.11. The molecule has 1 aromatic heterocycles. The molecule has 1 unspecified atom stereocenters. The van der Waals surface area contributed by atoms with E-state index in [0.717, 1.165) is 47.8 Å². The fraction of sp³-hybridized carbons (Fsp3) is 0.438. The molecule has 1 atom stereocenters.